The number of hydrogen-bond acceptors (Lipinski definition) is 3. The van der Waals surface area contributed by atoms with Gasteiger partial charge in [-0.1, -0.05) is 13.8 Å². The number of imidazole rings is 1. The van der Waals surface area contributed by atoms with Crippen LogP contribution in [-0.4, -0.2) is 38.6 Å². The van der Waals surface area contributed by atoms with Crippen molar-refractivity contribution in [3.05, 3.63) is 18.2 Å². The molecule has 0 saturated heterocycles. The van der Waals surface area contributed by atoms with E-state index in [0.29, 0.717) is 18.8 Å². The highest BCUT2D eigenvalue weighted by Gasteiger charge is 2.27. The molecule has 0 fully saturated rings. The number of hydrogen-bond donors (Lipinski definition) is 1. The van der Waals surface area contributed by atoms with Crippen LogP contribution in [0.1, 0.15) is 25.6 Å². The Kier molecular flexibility index (Phi) is 3.85. The number of carbonyl (C=O) groups is 1. The zero-order chi connectivity index (χ0) is 11.4. The van der Waals surface area contributed by atoms with Crippen LogP contribution in [0.15, 0.2) is 12.5 Å². The van der Waals surface area contributed by atoms with Crippen molar-refractivity contribution < 1.29 is 9.90 Å². The predicted molar refractivity (Wildman–Crippen MR) is 56.5 cm³/mol. The molecule has 1 aromatic rings. The predicted octanol–water partition coefficient (Wildman–Crippen LogP) is 0.888. The van der Waals surface area contributed by atoms with Gasteiger partial charge in [0.1, 0.15) is 0 Å². The van der Waals surface area contributed by atoms with Crippen molar-refractivity contribution >= 4 is 5.97 Å². The number of carboxylic acids is 1. The molecule has 0 aromatic carbocycles. The Bertz CT molecular complexity index is 331. The first-order chi connectivity index (χ1) is 7.10. The molecule has 84 valence electrons. The zero-order valence-corrected chi connectivity index (χ0v) is 9.34. The van der Waals surface area contributed by atoms with Crippen molar-refractivity contribution in [1.29, 1.82) is 0 Å². The molecular formula is C10H17N3O2. The molecule has 0 bridgehead atoms. The standard InChI is InChI=1S/C10H17N3O2/c1-4-13(5-2)9(10(14)15)8-6-12(3)7-11-8/h6-7,9H,4-5H2,1-3H3,(H,14,15). The van der Waals surface area contributed by atoms with Gasteiger partial charge < -0.3 is 9.67 Å². The number of carboxylic acid groups (broad SMARTS) is 1. The van der Waals surface area contributed by atoms with Gasteiger partial charge in [0.15, 0.2) is 6.04 Å². The topological polar surface area (TPSA) is 58.4 Å². The lowest BCUT2D eigenvalue weighted by atomic mass is 10.2. The number of aryl methyl sites for hydroxylation is 1. The van der Waals surface area contributed by atoms with Gasteiger partial charge in [0, 0.05) is 13.2 Å². The van der Waals surface area contributed by atoms with Crippen molar-refractivity contribution in [2.24, 2.45) is 7.05 Å². The van der Waals surface area contributed by atoms with Crippen LogP contribution in [0, 0.1) is 0 Å². The fraction of sp³-hybridized carbons (Fsp3) is 0.600. The van der Waals surface area contributed by atoms with E-state index in [2.05, 4.69) is 4.98 Å². The molecule has 0 aliphatic rings. The number of rotatable bonds is 5. The summed E-state index contributed by atoms with van der Waals surface area (Å²) in [5.41, 5.74) is 0.591. The van der Waals surface area contributed by atoms with Crippen LogP contribution in [0.5, 0.6) is 0 Å². The molecule has 1 atom stereocenters. The van der Waals surface area contributed by atoms with E-state index in [1.807, 2.05) is 25.8 Å². The molecule has 0 aliphatic heterocycles. The van der Waals surface area contributed by atoms with Gasteiger partial charge in [0.2, 0.25) is 0 Å². The van der Waals surface area contributed by atoms with Gasteiger partial charge in [-0.05, 0) is 13.1 Å². The third-order valence-electron chi connectivity index (χ3n) is 2.42. The summed E-state index contributed by atoms with van der Waals surface area (Å²) >= 11 is 0. The van der Waals surface area contributed by atoms with Gasteiger partial charge in [-0.15, -0.1) is 0 Å². The van der Waals surface area contributed by atoms with Gasteiger partial charge in [-0.2, -0.15) is 0 Å². The van der Waals surface area contributed by atoms with Crippen LogP contribution in [0.25, 0.3) is 0 Å². The molecule has 1 heterocycles. The summed E-state index contributed by atoms with van der Waals surface area (Å²) in [6.07, 6.45) is 3.37. The third-order valence-corrected chi connectivity index (χ3v) is 2.42. The SMILES string of the molecule is CCN(CC)C(C(=O)O)c1cn(C)cn1. The van der Waals surface area contributed by atoms with Crippen molar-refractivity contribution in [2.75, 3.05) is 13.1 Å². The van der Waals surface area contributed by atoms with E-state index in [1.54, 1.807) is 17.1 Å². The van der Waals surface area contributed by atoms with Crippen LogP contribution in [0.4, 0.5) is 0 Å². The van der Waals surface area contributed by atoms with E-state index in [1.165, 1.54) is 0 Å². The maximum atomic E-state index is 11.2. The van der Waals surface area contributed by atoms with Crippen molar-refractivity contribution in [3.8, 4) is 0 Å². The molecule has 0 amide bonds. The lowest BCUT2D eigenvalue weighted by Gasteiger charge is -2.24. The molecule has 0 radical (unpaired) electrons. The normalized spacial score (nSPS) is 13.1. The lowest BCUT2D eigenvalue weighted by Crippen LogP contribution is -2.34. The first kappa shape index (κ1) is 11.7. The Morgan fingerprint density at radius 1 is 1.60 bits per heavy atom. The minimum Gasteiger partial charge on any atom is -0.480 e. The highest BCUT2D eigenvalue weighted by atomic mass is 16.4. The van der Waals surface area contributed by atoms with Crippen molar-refractivity contribution in [3.63, 3.8) is 0 Å². The van der Waals surface area contributed by atoms with E-state index >= 15 is 0 Å². The maximum absolute atomic E-state index is 11.2. The minimum atomic E-state index is -0.850. The number of aromatic nitrogens is 2. The smallest absolute Gasteiger partial charge is 0.327 e. The minimum absolute atomic E-state index is 0.591. The van der Waals surface area contributed by atoms with Crippen LogP contribution < -0.4 is 0 Å². The van der Waals surface area contributed by atoms with Crippen LogP contribution in [0.3, 0.4) is 0 Å². The van der Waals surface area contributed by atoms with Crippen molar-refractivity contribution in [1.82, 2.24) is 14.5 Å². The number of likely N-dealkylation sites (N-methyl/N-ethyl adjacent to an activating group) is 1. The Labute approximate surface area is 89.3 Å². The quantitative estimate of drug-likeness (QED) is 0.785. The van der Waals surface area contributed by atoms with Gasteiger partial charge in [0.25, 0.3) is 0 Å². The summed E-state index contributed by atoms with van der Waals surface area (Å²) in [5, 5.41) is 9.18. The van der Waals surface area contributed by atoms with Gasteiger partial charge in [-0.25, -0.2) is 4.98 Å². The highest BCUT2D eigenvalue weighted by Crippen LogP contribution is 2.18. The van der Waals surface area contributed by atoms with E-state index < -0.39 is 12.0 Å². The largest absolute Gasteiger partial charge is 0.480 e. The first-order valence-electron chi connectivity index (χ1n) is 5.04. The fourth-order valence-corrected chi connectivity index (χ4v) is 1.63. The number of nitrogens with zero attached hydrogens (tertiary/aromatic N) is 3. The second kappa shape index (κ2) is 4.93. The molecule has 5 nitrogen and oxygen atoms in total. The summed E-state index contributed by atoms with van der Waals surface area (Å²) in [7, 11) is 1.83. The Hall–Kier alpha value is -1.36. The summed E-state index contributed by atoms with van der Waals surface area (Å²) in [6.45, 7) is 5.29. The van der Waals surface area contributed by atoms with Crippen molar-refractivity contribution in [2.45, 2.75) is 19.9 Å². The molecule has 1 N–H and O–H groups in total. The molecule has 15 heavy (non-hydrogen) atoms. The molecule has 0 saturated carbocycles. The monoisotopic (exact) mass is 211 g/mol. The molecule has 5 heteroatoms. The summed E-state index contributed by atoms with van der Waals surface area (Å²) < 4.78 is 1.76. The zero-order valence-electron chi connectivity index (χ0n) is 9.34. The van der Waals surface area contributed by atoms with Crippen LogP contribution in [-0.2, 0) is 11.8 Å². The summed E-state index contributed by atoms with van der Waals surface area (Å²) in [6, 6.07) is -0.638. The van der Waals surface area contributed by atoms with Crippen LogP contribution >= 0.6 is 0 Å². The first-order valence-corrected chi connectivity index (χ1v) is 5.04. The number of aliphatic carboxylic acids is 1. The Morgan fingerprint density at radius 3 is 2.53 bits per heavy atom. The summed E-state index contributed by atoms with van der Waals surface area (Å²) in [5.74, 6) is -0.850. The molecule has 1 aromatic heterocycles. The van der Waals surface area contributed by atoms with E-state index in [-0.39, 0.29) is 0 Å². The third kappa shape index (κ3) is 2.56. The average Bonchev–Trinajstić information content (AvgIpc) is 2.59. The van der Waals surface area contributed by atoms with Gasteiger partial charge in [-0.3, -0.25) is 9.69 Å². The second-order valence-corrected chi connectivity index (χ2v) is 3.43. The van der Waals surface area contributed by atoms with E-state index in [4.69, 9.17) is 0 Å². The highest BCUT2D eigenvalue weighted by molar-refractivity contribution is 5.74. The van der Waals surface area contributed by atoms with E-state index in [9.17, 15) is 9.90 Å². The molecule has 0 spiro atoms. The van der Waals surface area contributed by atoms with E-state index in [0.717, 1.165) is 0 Å². The summed E-state index contributed by atoms with van der Waals surface area (Å²) in [4.78, 5) is 17.1. The lowest BCUT2D eigenvalue weighted by molar-refractivity contribution is -0.143. The molecule has 1 unspecified atom stereocenters. The molecular weight excluding hydrogens is 194 g/mol. The Morgan fingerprint density at radius 2 is 2.20 bits per heavy atom. The average molecular weight is 211 g/mol. The maximum Gasteiger partial charge on any atom is 0.327 e. The van der Waals surface area contributed by atoms with Gasteiger partial charge in [0.05, 0.1) is 12.0 Å². The van der Waals surface area contributed by atoms with Gasteiger partial charge >= 0.3 is 5.97 Å². The fourth-order valence-electron chi connectivity index (χ4n) is 1.63. The molecule has 1 rings (SSSR count). The Balaban J connectivity index is 2.97. The van der Waals surface area contributed by atoms with Crippen LogP contribution in [0.2, 0.25) is 0 Å². The molecule has 0 aliphatic carbocycles. The second-order valence-electron chi connectivity index (χ2n) is 3.43.